The minimum Gasteiger partial charge on any atom is -1.00 e. The Labute approximate surface area is 375 Å². The van der Waals surface area contributed by atoms with Crippen LogP contribution in [0.15, 0.2) is 176 Å². The molecule has 0 saturated heterocycles. The van der Waals surface area contributed by atoms with E-state index in [0.29, 0.717) is 17.8 Å². The van der Waals surface area contributed by atoms with Crippen LogP contribution in [0.4, 0.5) is 5.69 Å². The Kier molecular flexibility index (Phi) is 14.1. The van der Waals surface area contributed by atoms with E-state index in [1.54, 1.807) is 0 Å². The summed E-state index contributed by atoms with van der Waals surface area (Å²) < 4.78 is 0. The molecule has 0 aliphatic carbocycles. The van der Waals surface area contributed by atoms with Gasteiger partial charge in [0.15, 0.2) is 0 Å². The van der Waals surface area contributed by atoms with E-state index in [1.165, 1.54) is 72.6 Å². The maximum Gasteiger partial charge on any atom is 1.00 e. The summed E-state index contributed by atoms with van der Waals surface area (Å²) in [6.45, 7) is 18.6. The molecular weight excluding hydrogens is 832 g/mol. The van der Waals surface area contributed by atoms with Gasteiger partial charge in [-0.3, -0.25) is 0 Å². The van der Waals surface area contributed by atoms with E-state index < -0.39 is 0 Å². The van der Waals surface area contributed by atoms with Crippen LogP contribution in [0.3, 0.4) is 0 Å². The van der Waals surface area contributed by atoms with Crippen molar-refractivity contribution in [3.05, 3.63) is 244 Å². The molecule has 6 aromatic carbocycles. The summed E-state index contributed by atoms with van der Waals surface area (Å²) in [5.74, 6) is 1.22. The molecule has 0 unspecified atom stereocenters. The van der Waals surface area contributed by atoms with Crippen LogP contribution in [0, 0.1) is 13.6 Å². The quantitative estimate of drug-likeness (QED) is 0.0727. The van der Waals surface area contributed by atoms with Gasteiger partial charge in [-0.25, -0.2) is 0 Å². The standard InChI is InChI=1S/C55H55N2.Ag.ClH/c1-37(2)45-33-47(38(3)4)54(48(34-45)39(5)6)51-30-20-29-46-35-56(36-57(46)51)55-49(52(41-21-12-8-13-22-41)42-23-14-9-15-24-42)31-40(7)32-50(55)53(43-25-16-10-17-26-43)44-27-18-11-19-28-44;;/h8-39,52-53H,1-7H3;;1H/q-1;+1;/p-1. The average molecular weight is 887 g/mol. The second-order valence-corrected chi connectivity index (χ2v) is 16.7. The average Bonchev–Trinajstić information content (AvgIpc) is 3.66. The van der Waals surface area contributed by atoms with Gasteiger partial charge in [0.05, 0.1) is 0 Å². The number of aryl methyl sites for hydroxylation is 1. The van der Waals surface area contributed by atoms with E-state index >= 15 is 0 Å². The molecule has 2 aliphatic rings. The Bertz CT molecular complexity index is 2220. The molecule has 304 valence electrons. The number of rotatable bonds is 11. The van der Waals surface area contributed by atoms with Crippen molar-refractivity contribution in [3.8, 4) is 0 Å². The number of hydrogen-bond acceptors (Lipinski definition) is 2. The molecule has 6 aromatic rings. The van der Waals surface area contributed by atoms with E-state index in [1.807, 2.05) is 0 Å². The van der Waals surface area contributed by atoms with E-state index in [9.17, 15) is 0 Å². The van der Waals surface area contributed by atoms with Crippen LogP contribution in [0.5, 0.6) is 0 Å². The van der Waals surface area contributed by atoms with Gasteiger partial charge in [0, 0.05) is 34.5 Å². The van der Waals surface area contributed by atoms with Gasteiger partial charge in [-0.15, -0.1) is 6.67 Å². The monoisotopic (exact) mass is 885 g/mol. The van der Waals surface area contributed by atoms with Crippen LogP contribution in [-0.2, 0) is 22.4 Å². The summed E-state index contributed by atoms with van der Waals surface area (Å²) >= 11 is 0. The van der Waals surface area contributed by atoms with Gasteiger partial charge in [-0.05, 0) is 93.1 Å². The molecule has 0 saturated carbocycles. The summed E-state index contributed by atoms with van der Waals surface area (Å²) in [4.78, 5) is 4.88. The van der Waals surface area contributed by atoms with Crippen molar-refractivity contribution in [2.75, 3.05) is 4.90 Å². The van der Waals surface area contributed by atoms with Crippen molar-refractivity contribution in [1.82, 2.24) is 4.90 Å². The molecule has 0 spiro atoms. The molecule has 0 N–H and O–H groups in total. The fraction of sp³-hybridized carbons (Fsp3) is 0.218. The molecule has 0 amide bonds. The van der Waals surface area contributed by atoms with Gasteiger partial charge in [-0.2, -0.15) is 0 Å². The third-order valence-corrected chi connectivity index (χ3v) is 11.7. The summed E-state index contributed by atoms with van der Waals surface area (Å²) in [6.07, 6.45) is 9.18. The van der Waals surface area contributed by atoms with E-state index in [0.717, 1.165) is 5.70 Å². The predicted octanol–water partition coefficient (Wildman–Crippen LogP) is 11.4. The first-order valence-corrected chi connectivity index (χ1v) is 20.7. The molecule has 2 heterocycles. The van der Waals surface area contributed by atoms with Crippen LogP contribution < -0.4 is 17.3 Å². The number of halogens is 1. The van der Waals surface area contributed by atoms with Gasteiger partial charge < -0.3 is 22.2 Å². The Hall–Kier alpha value is -4.83. The van der Waals surface area contributed by atoms with Crippen LogP contribution in [0.1, 0.15) is 132 Å². The van der Waals surface area contributed by atoms with Crippen molar-refractivity contribution in [2.24, 2.45) is 0 Å². The van der Waals surface area contributed by atoms with Gasteiger partial charge in [0.2, 0.25) is 0 Å². The summed E-state index contributed by atoms with van der Waals surface area (Å²) in [5, 5.41) is 0. The molecule has 0 bridgehead atoms. The molecule has 0 fully saturated rings. The zero-order valence-electron chi connectivity index (χ0n) is 35.2. The van der Waals surface area contributed by atoms with Gasteiger partial charge >= 0.3 is 22.4 Å². The second-order valence-electron chi connectivity index (χ2n) is 16.7. The van der Waals surface area contributed by atoms with Crippen molar-refractivity contribution < 1.29 is 34.8 Å². The van der Waals surface area contributed by atoms with Crippen LogP contribution in [0.2, 0.25) is 0 Å². The topological polar surface area (TPSA) is 6.48 Å². The first-order valence-electron chi connectivity index (χ1n) is 20.7. The Balaban J connectivity index is 0.00000293. The normalized spacial score (nSPS) is 13.5. The third-order valence-electron chi connectivity index (χ3n) is 11.7. The molecule has 59 heavy (non-hydrogen) atoms. The van der Waals surface area contributed by atoms with Gasteiger partial charge in [0.1, 0.15) is 0 Å². The maximum atomic E-state index is 2.47. The molecular formula is C55H55AgClN2-. The molecule has 4 heteroatoms. The summed E-state index contributed by atoms with van der Waals surface area (Å²) in [7, 11) is 0. The summed E-state index contributed by atoms with van der Waals surface area (Å²) in [6, 6.07) is 54.0. The number of fused-ring (bicyclic) bond motifs is 1. The number of anilines is 1. The number of hydrogen-bond donors (Lipinski definition) is 0. The van der Waals surface area contributed by atoms with E-state index in [2.05, 4.69) is 235 Å². The fourth-order valence-corrected chi connectivity index (χ4v) is 8.91. The van der Waals surface area contributed by atoms with Gasteiger partial charge in [0.25, 0.3) is 0 Å². The Morgan fingerprint density at radius 2 is 0.898 bits per heavy atom. The van der Waals surface area contributed by atoms with E-state index in [4.69, 9.17) is 0 Å². The minimum absolute atomic E-state index is 0. The maximum absolute atomic E-state index is 2.47. The number of nitrogens with zero attached hydrogens (tertiary/aromatic N) is 2. The Morgan fingerprint density at radius 1 is 0.492 bits per heavy atom. The zero-order chi connectivity index (χ0) is 39.6. The van der Waals surface area contributed by atoms with Crippen molar-refractivity contribution in [1.29, 1.82) is 0 Å². The second kappa shape index (κ2) is 19.0. The predicted molar refractivity (Wildman–Crippen MR) is 241 cm³/mol. The third kappa shape index (κ3) is 8.89. The van der Waals surface area contributed by atoms with E-state index in [-0.39, 0.29) is 46.6 Å². The zero-order valence-corrected chi connectivity index (χ0v) is 37.4. The molecule has 0 atom stereocenters. The number of allylic oxidation sites excluding steroid dienone is 3. The number of benzene rings is 6. The molecule has 2 nitrogen and oxygen atoms in total. The first-order chi connectivity index (χ1) is 27.7. The molecule has 2 aliphatic heterocycles. The molecule has 8 rings (SSSR count). The first kappa shape index (κ1) is 43.7. The van der Waals surface area contributed by atoms with Crippen LogP contribution in [-0.4, -0.2) is 4.90 Å². The largest absolute Gasteiger partial charge is 1.00 e. The SMILES string of the molecule is Cc1cc(C(c2ccccc2)c2ccccc2)c(N2C=C3C=CC=C(c4c(C(C)C)cc(C(C)C)cc4C(C)C)N3[CH-]2)c(C(c2ccccc2)c2ccccc2)c1.[Ag+].[Cl-]. The fourth-order valence-electron chi connectivity index (χ4n) is 8.91. The summed E-state index contributed by atoms with van der Waals surface area (Å²) in [5.41, 5.74) is 18.1. The van der Waals surface area contributed by atoms with Crippen LogP contribution in [0.25, 0.3) is 5.70 Å². The van der Waals surface area contributed by atoms with Crippen molar-refractivity contribution >= 4 is 11.4 Å². The Morgan fingerprint density at radius 3 is 1.27 bits per heavy atom. The van der Waals surface area contributed by atoms with Crippen molar-refractivity contribution in [2.45, 2.75) is 78.1 Å². The molecule has 0 radical (unpaired) electrons. The van der Waals surface area contributed by atoms with Gasteiger partial charge in [-0.1, -0.05) is 199 Å². The minimum atomic E-state index is 0. The van der Waals surface area contributed by atoms with Crippen LogP contribution >= 0.6 is 0 Å². The molecule has 0 aromatic heterocycles. The smallest absolute Gasteiger partial charge is 1.00 e. The van der Waals surface area contributed by atoms with Crippen molar-refractivity contribution in [3.63, 3.8) is 0 Å².